The Balaban J connectivity index is 1.70. The van der Waals surface area contributed by atoms with Crippen molar-refractivity contribution in [2.24, 2.45) is 5.92 Å². The van der Waals surface area contributed by atoms with Crippen LogP contribution >= 0.6 is 11.6 Å². The zero-order chi connectivity index (χ0) is 16.9. The second-order valence-corrected chi connectivity index (χ2v) is 8.68. The fourth-order valence-electron chi connectivity index (χ4n) is 2.82. The lowest BCUT2D eigenvalue weighted by Crippen LogP contribution is -2.46. The minimum atomic E-state index is -3.00. The molecule has 0 radical (unpaired) electrons. The number of piperidine rings is 1. The number of likely N-dealkylation sites (tertiary alicyclic amines) is 1. The van der Waals surface area contributed by atoms with Crippen LogP contribution in [-0.2, 0) is 16.4 Å². The average Bonchev–Trinajstić information content (AvgIpc) is 2.87. The number of amides is 2. The maximum absolute atomic E-state index is 12.1. The summed E-state index contributed by atoms with van der Waals surface area (Å²) in [5, 5.41) is 7.54. The highest BCUT2D eigenvalue weighted by molar-refractivity contribution is 7.90. The molecule has 23 heavy (non-hydrogen) atoms. The molecular formula is C14H23ClN4O3S. The number of halogens is 1. The quantitative estimate of drug-likeness (QED) is 0.775. The van der Waals surface area contributed by atoms with Gasteiger partial charge in [0.25, 0.3) is 0 Å². The molecule has 1 aliphatic heterocycles. The van der Waals surface area contributed by atoms with E-state index in [4.69, 9.17) is 11.6 Å². The molecule has 0 spiro atoms. The zero-order valence-electron chi connectivity index (χ0n) is 13.2. The fourth-order valence-corrected chi connectivity index (χ4v) is 4.11. The van der Waals surface area contributed by atoms with E-state index in [2.05, 4.69) is 10.4 Å². The number of carbonyl (C=O) groups excluding carboxylic acids is 1. The lowest BCUT2D eigenvalue weighted by Gasteiger charge is -2.32. The Morgan fingerprint density at radius 3 is 2.96 bits per heavy atom. The van der Waals surface area contributed by atoms with Crippen LogP contribution in [0.15, 0.2) is 12.4 Å². The van der Waals surface area contributed by atoms with Gasteiger partial charge in [-0.15, -0.1) is 0 Å². The summed E-state index contributed by atoms with van der Waals surface area (Å²) in [5.41, 5.74) is 0. The largest absolute Gasteiger partial charge is 0.338 e. The van der Waals surface area contributed by atoms with E-state index < -0.39 is 9.84 Å². The lowest BCUT2D eigenvalue weighted by molar-refractivity contribution is 0.170. The van der Waals surface area contributed by atoms with Gasteiger partial charge in [-0.3, -0.25) is 4.68 Å². The van der Waals surface area contributed by atoms with E-state index >= 15 is 0 Å². The Morgan fingerprint density at radius 1 is 1.52 bits per heavy atom. The molecule has 2 rings (SSSR count). The van der Waals surface area contributed by atoms with E-state index in [1.165, 1.54) is 6.26 Å². The molecule has 0 aromatic carbocycles. The summed E-state index contributed by atoms with van der Waals surface area (Å²) < 4.78 is 24.5. The molecular weight excluding hydrogens is 340 g/mol. The van der Waals surface area contributed by atoms with Gasteiger partial charge in [0, 0.05) is 38.6 Å². The van der Waals surface area contributed by atoms with E-state index in [0.29, 0.717) is 31.2 Å². The van der Waals surface area contributed by atoms with E-state index in [0.717, 1.165) is 19.3 Å². The van der Waals surface area contributed by atoms with Crippen molar-refractivity contribution in [1.82, 2.24) is 20.0 Å². The Kier molecular flexibility index (Phi) is 6.29. The van der Waals surface area contributed by atoms with Crippen LogP contribution in [0, 0.1) is 5.92 Å². The molecule has 1 atom stereocenters. The van der Waals surface area contributed by atoms with Crippen molar-refractivity contribution < 1.29 is 13.2 Å². The van der Waals surface area contributed by atoms with Gasteiger partial charge in [-0.1, -0.05) is 11.6 Å². The predicted molar refractivity (Wildman–Crippen MR) is 89.3 cm³/mol. The van der Waals surface area contributed by atoms with Gasteiger partial charge in [0.15, 0.2) is 0 Å². The summed E-state index contributed by atoms with van der Waals surface area (Å²) in [6.07, 6.45) is 7.02. The normalized spacial score (nSPS) is 18.9. The maximum atomic E-state index is 12.1. The first kappa shape index (κ1) is 18.1. The molecule has 0 aliphatic carbocycles. The van der Waals surface area contributed by atoms with E-state index in [1.54, 1.807) is 22.0 Å². The second kappa shape index (κ2) is 8.01. The lowest BCUT2D eigenvalue weighted by atomic mass is 10.0. The number of urea groups is 1. The van der Waals surface area contributed by atoms with Crippen molar-refractivity contribution >= 4 is 27.5 Å². The van der Waals surface area contributed by atoms with Crippen LogP contribution in [0.4, 0.5) is 4.79 Å². The summed E-state index contributed by atoms with van der Waals surface area (Å²) >= 11 is 5.78. The molecule has 7 nitrogen and oxygen atoms in total. The molecule has 1 aromatic rings. The highest BCUT2D eigenvalue weighted by Crippen LogP contribution is 2.18. The van der Waals surface area contributed by atoms with Gasteiger partial charge in [0.2, 0.25) is 0 Å². The highest BCUT2D eigenvalue weighted by Gasteiger charge is 2.25. The molecule has 1 aromatic heterocycles. The van der Waals surface area contributed by atoms with Crippen molar-refractivity contribution in [1.29, 1.82) is 0 Å². The van der Waals surface area contributed by atoms with Crippen molar-refractivity contribution in [2.75, 3.05) is 31.6 Å². The van der Waals surface area contributed by atoms with E-state index in [9.17, 15) is 13.2 Å². The Morgan fingerprint density at radius 2 is 2.30 bits per heavy atom. The van der Waals surface area contributed by atoms with Crippen LogP contribution in [0.1, 0.15) is 19.3 Å². The maximum Gasteiger partial charge on any atom is 0.317 e. The minimum Gasteiger partial charge on any atom is -0.338 e. The van der Waals surface area contributed by atoms with Gasteiger partial charge < -0.3 is 10.2 Å². The number of nitrogens with one attached hydrogen (secondary N) is 1. The van der Waals surface area contributed by atoms with Crippen molar-refractivity contribution in [3.05, 3.63) is 17.4 Å². The molecule has 0 bridgehead atoms. The predicted octanol–water partition coefficient (Wildman–Crippen LogP) is 1.39. The topological polar surface area (TPSA) is 84.3 Å². The molecule has 1 aliphatic rings. The molecule has 130 valence electrons. The number of hydrogen-bond acceptors (Lipinski definition) is 4. The van der Waals surface area contributed by atoms with Crippen LogP contribution < -0.4 is 5.32 Å². The summed E-state index contributed by atoms with van der Waals surface area (Å²) in [6.45, 7) is 2.42. The van der Waals surface area contributed by atoms with Gasteiger partial charge >= 0.3 is 6.03 Å². The molecule has 2 amide bonds. The molecule has 1 saturated heterocycles. The van der Waals surface area contributed by atoms with E-state index in [1.807, 2.05) is 0 Å². The summed E-state index contributed by atoms with van der Waals surface area (Å²) in [7, 11) is -3.00. The second-order valence-electron chi connectivity index (χ2n) is 6.05. The van der Waals surface area contributed by atoms with Crippen LogP contribution in [-0.4, -0.2) is 60.8 Å². The molecule has 0 unspecified atom stereocenters. The standard InChI is InChI=1S/C14H23ClN4O3S/c1-23(21,22)11-12-4-2-6-18(9-12)14(20)16-5-3-7-19-10-13(15)8-17-19/h8,10,12H,2-7,9,11H2,1H3,(H,16,20)/t12-/m0/s1. The Hall–Kier alpha value is -1.28. The summed E-state index contributed by atoms with van der Waals surface area (Å²) in [4.78, 5) is 13.9. The molecule has 1 N–H and O–H groups in total. The third kappa shape index (κ3) is 6.39. The number of aromatic nitrogens is 2. The summed E-state index contributed by atoms with van der Waals surface area (Å²) in [6, 6.07) is -0.123. The first-order valence-electron chi connectivity index (χ1n) is 7.72. The van der Waals surface area contributed by atoms with Crippen molar-refractivity contribution in [3.8, 4) is 0 Å². The minimum absolute atomic E-state index is 0.0377. The molecule has 0 saturated carbocycles. The van der Waals surface area contributed by atoms with Crippen molar-refractivity contribution in [2.45, 2.75) is 25.8 Å². The number of nitrogens with zero attached hydrogens (tertiary/aromatic N) is 3. The molecule has 1 fully saturated rings. The Bertz CT molecular complexity index is 632. The zero-order valence-corrected chi connectivity index (χ0v) is 14.8. The fraction of sp³-hybridized carbons (Fsp3) is 0.714. The monoisotopic (exact) mass is 362 g/mol. The first-order chi connectivity index (χ1) is 10.8. The average molecular weight is 363 g/mol. The smallest absolute Gasteiger partial charge is 0.317 e. The van der Waals surface area contributed by atoms with Crippen LogP contribution in [0.2, 0.25) is 5.02 Å². The van der Waals surface area contributed by atoms with Gasteiger partial charge in [-0.2, -0.15) is 5.10 Å². The van der Waals surface area contributed by atoms with Gasteiger partial charge in [-0.25, -0.2) is 13.2 Å². The number of sulfone groups is 1. The number of hydrogen-bond donors (Lipinski definition) is 1. The number of rotatable bonds is 6. The number of carbonyl (C=O) groups is 1. The van der Waals surface area contributed by atoms with Crippen LogP contribution in [0.25, 0.3) is 0 Å². The third-order valence-corrected chi connectivity index (χ3v) is 5.06. The van der Waals surface area contributed by atoms with Gasteiger partial charge in [0.1, 0.15) is 9.84 Å². The summed E-state index contributed by atoms with van der Waals surface area (Å²) in [5.74, 6) is 0.187. The van der Waals surface area contributed by atoms with Crippen LogP contribution in [0.5, 0.6) is 0 Å². The molecule has 2 heterocycles. The van der Waals surface area contributed by atoms with Crippen LogP contribution in [0.3, 0.4) is 0 Å². The first-order valence-corrected chi connectivity index (χ1v) is 10.2. The van der Waals surface area contributed by atoms with Crippen molar-refractivity contribution in [3.63, 3.8) is 0 Å². The van der Waals surface area contributed by atoms with Gasteiger partial charge in [-0.05, 0) is 25.2 Å². The number of aryl methyl sites for hydroxylation is 1. The molecule has 9 heteroatoms. The Labute approximate surface area is 141 Å². The third-order valence-electron chi connectivity index (χ3n) is 3.79. The van der Waals surface area contributed by atoms with Gasteiger partial charge in [0.05, 0.1) is 17.0 Å². The van der Waals surface area contributed by atoms with E-state index in [-0.39, 0.29) is 17.7 Å². The SMILES string of the molecule is CS(=O)(=O)C[C@H]1CCCN(C(=O)NCCCn2cc(Cl)cn2)C1. The highest BCUT2D eigenvalue weighted by atomic mass is 35.5.